The molecule has 2 aromatic rings. The van der Waals surface area contributed by atoms with Crippen LogP contribution in [0.25, 0.3) is 0 Å². The van der Waals surface area contributed by atoms with Crippen LogP contribution in [0.1, 0.15) is 35.2 Å². The molecule has 2 heterocycles. The highest BCUT2D eigenvalue weighted by molar-refractivity contribution is 6.29. The standard InChI is InChI=1S/C13H16ClN5O/c1-3-4-10-5-9(6-11(14)17-10)13(20)19(2)7-12-15-8-16-18-12/h5-6,8H,3-4,7H2,1-2H3,(H,15,16,18). The Labute approximate surface area is 122 Å². The summed E-state index contributed by atoms with van der Waals surface area (Å²) < 4.78 is 0. The van der Waals surface area contributed by atoms with Crippen LogP contribution in [0.3, 0.4) is 0 Å². The first-order valence-corrected chi connectivity index (χ1v) is 6.74. The second-order valence-electron chi connectivity index (χ2n) is 4.51. The lowest BCUT2D eigenvalue weighted by atomic mass is 10.1. The van der Waals surface area contributed by atoms with Crippen LogP contribution in [0.15, 0.2) is 18.5 Å². The Morgan fingerprint density at radius 1 is 1.45 bits per heavy atom. The van der Waals surface area contributed by atoms with E-state index in [1.54, 1.807) is 24.1 Å². The number of halogens is 1. The SMILES string of the molecule is CCCc1cc(C(=O)N(C)Cc2ncn[nH]2)cc(Cl)n1. The van der Waals surface area contributed by atoms with Crippen LogP contribution in [0.2, 0.25) is 5.15 Å². The number of nitrogens with one attached hydrogen (secondary N) is 1. The summed E-state index contributed by atoms with van der Waals surface area (Å²) in [6, 6.07) is 3.37. The van der Waals surface area contributed by atoms with E-state index < -0.39 is 0 Å². The first-order chi connectivity index (χ1) is 9.60. The van der Waals surface area contributed by atoms with E-state index in [0.717, 1.165) is 18.5 Å². The number of aromatic nitrogens is 4. The van der Waals surface area contributed by atoms with E-state index in [9.17, 15) is 4.79 Å². The van der Waals surface area contributed by atoms with Gasteiger partial charge in [-0.1, -0.05) is 24.9 Å². The maximum absolute atomic E-state index is 12.4. The molecule has 1 N–H and O–H groups in total. The van der Waals surface area contributed by atoms with E-state index in [4.69, 9.17) is 11.6 Å². The Bertz CT molecular complexity index is 584. The summed E-state index contributed by atoms with van der Waals surface area (Å²) in [7, 11) is 1.71. The highest BCUT2D eigenvalue weighted by Crippen LogP contribution is 2.14. The molecule has 20 heavy (non-hydrogen) atoms. The van der Waals surface area contributed by atoms with Crippen molar-refractivity contribution < 1.29 is 4.79 Å². The second kappa shape index (κ2) is 6.47. The number of pyridine rings is 1. The van der Waals surface area contributed by atoms with Crippen molar-refractivity contribution in [2.75, 3.05) is 7.05 Å². The van der Waals surface area contributed by atoms with Crippen molar-refractivity contribution in [2.24, 2.45) is 0 Å². The fraction of sp³-hybridized carbons (Fsp3) is 0.385. The zero-order chi connectivity index (χ0) is 14.5. The molecule has 0 saturated heterocycles. The molecule has 0 aliphatic heterocycles. The van der Waals surface area contributed by atoms with Gasteiger partial charge >= 0.3 is 0 Å². The molecule has 0 saturated carbocycles. The van der Waals surface area contributed by atoms with Gasteiger partial charge in [0.2, 0.25) is 0 Å². The molecule has 1 amide bonds. The van der Waals surface area contributed by atoms with Crippen molar-refractivity contribution in [1.29, 1.82) is 0 Å². The minimum atomic E-state index is -0.122. The van der Waals surface area contributed by atoms with Crippen molar-refractivity contribution in [2.45, 2.75) is 26.3 Å². The van der Waals surface area contributed by atoms with Crippen molar-refractivity contribution in [3.8, 4) is 0 Å². The largest absolute Gasteiger partial charge is 0.334 e. The predicted molar refractivity (Wildman–Crippen MR) is 75.4 cm³/mol. The number of rotatable bonds is 5. The molecule has 0 atom stereocenters. The second-order valence-corrected chi connectivity index (χ2v) is 4.90. The van der Waals surface area contributed by atoms with Gasteiger partial charge in [-0.25, -0.2) is 9.97 Å². The van der Waals surface area contributed by atoms with Crippen molar-refractivity contribution in [1.82, 2.24) is 25.1 Å². The first-order valence-electron chi connectivity index (χ1n) is 6.36. The number of hydrogen-bond acceptors (Lipinski definition) is 4. The Hall–Kier alpha value is -1.95. The molecule has 2 aromatic heterocycles. The highest BCUT2D eigenvalue weighted by Gasteiger charge is 2.15. The summed E-state index contributed by atoms with van der Waals surface area (Å²) in [5, 5.41) is 6.82. The summed E-state index contributed by atoms with van der Waals surface area (Å²) in [5.41, 5.74) is 1.37. The molecule has 2 rings (SSSR count). The third kappa shape index (κ3) is 3.54. The molecule has 0 aromatic carbocycles. The quantitative estimate of drug-likeness (QED) is 0.857. The Balaban J connectivity index is 2.15. The van der Waals surface area contributed by atoms with Gasteiger partial charge in [0.1, 0.15) is 17.3 Å². The molecule has 6 nitrogen and oxygen atoms in total. The van der Waals surface area contributed by atoms with Gasteiger partial charge in [0.15, 0.2) is 0 Å². The van der Waals surface area contributed by atoms with Gasteiger partial charge in [0.05, 0.1) is 6.54 Å². The minimum Gasteiger partial charge on any atom is -0.334 e. The molecule has 0 spiro atoms. The summed E-state index contributed by atoms with van der Waals surface area (Å²) in [5.74, 6) is 0.512. The maximum atomic E-state index is 12.4. The lowest BCUT2D eigenvalue weighted by molar-refractivity contribution is 0.0781. The number of nitrogens with zero attached hydrogens (tertiary/aromatic N) is 4. The number of carbonyl (C=O) groups is 1. The van der Waals surface area contributed by atoms with Crippen molar-refractivity contribution in [3.63, 3.8) is 0 Å². The lowest BCUT2D eigenvalue weighted by Gasteiger charge is -2.16. The third-order valence-corrected chi connectivity index (χ3v) is 2.99. The van der Waals surface area contributed by atoms with Crippen LogP contribution in [-0.2, 0) is 13.0 Å². The smallest absolute Gasteiger partial charge is 0.254 e. The van der Waals surface area contributed by atoms with E-state index in [1.165, 1.54) is 6.33 Å². The van der Waals surface area contributed by atoms with Gasteiger partial charge in [0, 0.05) is 18.3 Å². The van der Waals surface area contributed by atoms with Gasteiger partial charge in [-0.3, -0.25) is 9.89 Å². The molecule has 0 aliphatic rings. The molecule has 0 fully saturated rings. The van der Waals surface area contributed by atoms with Crippen molar-refractivity contribution >= 4 is 17.5 Å². The summed E-state index contributed by atoms with van der Waals surface area (Å²) in [6.45, 7) is 2.42. The fourth-order valence-electron chi connectivity index (χ4n) is 1.88. The summed E-state index contributed by atoms with van der Waals surface area (Å²) in [4.78, 5) is 22.1. The minimum absolute atomic E-state index is 0.122. The van der Waals surface area contributed by atoms with Gasteiger partial charge in [-0.15, -0.1) is 0 Å². The van der Waals surface area contributed by atoms with Crippen LogP contribution in [0.5, 0.6) is 0 Å². The average Bonchev–Trinajstić information content (AvgIpc) is 2.90. The van der Waals surface area contributed by atoms with Gasteiger partial charge in [0.25, 0.3) is 5.91 Å². The monoisotopic (exact) mass is 293 g/mol. The highest BCUT2D eigenvalue weighted by atomic mass is 35.5. The Morgan fingerprint density at radius 3 is 2.90 bits per heavy atom. The molecule has 106 valence electrons. The topological polar surface area (TPSA) is 74.8 Å². The van der Waals surface area contributed by atoms with Crippen LogP contribution >= 0.6 is 11.6 Å². The van der Waals surface area contributed by atoms with Gasteiger partial charge in [-0.2, -0.15) is 5.10 Å². The predicted octanol–water partition coefficient (Wildman–Crippen LogP) is 2.08. The number of carbonyl (C=O) groups excluding carboxylic acids is 1. The van der Waals surface area contributed by atoms with E-state index in [1.807, 2.05) is 0 Å². The Morgan fingerprint density at radius 2 is 2.25 bits per heavy atom. The third-order valence-electron chi connectivity index (χ3n) is 2.80. The fourth-order valence-corrected chi connectivity index (χ4v) is 2.11. The molecular formula is C13H16ClN5O. The molecule has 7 heteroatoms. The van der Waals surface area contributed by atoms with Crippen LogP contribution in [-0.4, -0.2) is 38.0 Å². The molecular weight excluding hydrogens is 278 g/mol. The average molecular weight is 294 g/mol. The first kappa shape index (κ1) is 14.5. The Kier molecular flexibility index (Phi) is 4.68. The lowest BCUT2D eigenvalue weighted by Crippen LogP contribution is -2.27. The van der Waals surface area contributed by atoms with E-state index in [2.05, 4.69) is 27.1 Å². The van der Waals surface area contributed by atoms with Gasteiger partial charge in [-0.05, 0) is 18.6 Å². The van der Waals surface area contributed by atoms with Crippen LogP contribution < -0.4 is 0 Å². The van der Waals surface area contributed by atoms with Gasteiger partial charge < -0.3 is 4.90 Å². The van der Waals surface area contributed by atoms with Crippen LogP contribution in [0, 0.1) is 0 Å². The summed E-state index contributed by atoms with van der Waals surface area (Å²) >= 11 is 5.97. The van der Waals surface area contributed by atoms with Crippen LogP contribution in [0.4, 0.5) is 0 Å². The molecule has 0 bridgehead atoms. The number of hydrogen-bond donors (Lipinski definition) is 1. The zero-order valence-electron chi connectivity index (χ0n) is 11.4. The number of aromatic amines is 1. The normalized spacial score (nSPS) is 10.6. The number of amides is 1. The number of aryl methyl sites for hydroxylation is 1. The van der Waals surface area contributed by atoms with Crippen molar-refractivity contribution in [3.05, 3.63) is 40.7 Å². The summed E-state index contributed by atoms with van der Waals surface area (Å²) in [6.07, 6.45) is 3.16. The molecule has 0 aliphatic carbocycles. The molecule has 0 radical (unpaired) electrons. The molecule has 0 unspecified atom stereocenters. The van der Waals surface area contributed by atoms with E-state index >= 15 is 0 Å². The maximum Gasteiger partial charge on any atom is 0.254 e. The van der Waals surface area contributed by atoms with E-state index in [-0.39, 0.29) is 5.91 Å². The van der Waals surface area contributed by atoms with E-state index in [0.29, 0.717) is 23.1 Å². The number of H-pyrrole nitrogens is 1. The zero-order valence-corrected chi connectivity index (χ0v) is 12.2.